The van der Waals surface area contributed by atoms with Crippen LogP contribution in [-0.4, -0.2) is 19.5 Å². The van der Waals surface area contributed by atoms with Crippen LogP contribution in [0.5, 0.6) is 0 Å². The number of fused-ring (bicyclic) bond motifs is 1. The van der Waals surface area contributed by atoms with Gasteiger partial charge in [-0.15, -0.1) is 11.3 Å². The predicted molar refractivity (Wildman–Crippen MR) is 107 cm³/mol. The Hall–Kier alpha value is -1.58. The summed E-state index contributed by atoms with van der Waals surface area (Å²) in [4.78, 5) is 0. The summed E-state index contributed by atoms with van der Waals surface area (Å²) in [5.74, 6) is -0.109. The first-order valence-electron chi connectivity index (χ1n) is 7.92. The molecule has 0 atom stereocenters. The van der Waals surface area contributed by atoms with Crippen molar-refractivity contribution in [1.82, 2.24) is 0 Å². The Kier molecular flexibility index (Phi) is 5.83. The highest BCUT2D eigenvalue weighted by atomic mass is 79.9. The molecule has 144 valence electrons. The molecule has 3 aromatic rings. The highest BCUT2D eigenvalue weighted by Gasteiger charge is 2.30. The molecule has 0 bridgehead atoms. The molecule has 0 radical (unpaired) electrons. The largest absolute Gasteiger partial charge is 0.416 e. The molecule has 3 rings (SSSR count). The number of thiophene rings is 1. The molecule has 0 aliphatic carbocycles. The number of hydrogen-bond acceptors (Lipinski definition) is 3. The van der Waals surface area contributed by atoms with E-state index in [1.54, 1.807) is 6.07 Å². The van der Waals surface area contributed by atoms with Crippen molar-refractivity contribution in [3.8, 4) is 0 Å². The molecule has 0 unspecified atom stereocenters. The monoisotopic (exact) mass is 477 g/mol. The normalized spacial score (nSPS) is 12.4. The van der Waals surface area contributed by atoms with E-state index in [4.69, 9.17) is 0 Å². The first-order valence-corrected chi connectivity index (χ1v) is 11.5. The van der Waals surface area contributed by atoms with Gasteiger partial charge < -0.3 is 0 Å². The van der Waals surface area contributed by atoms with E-state index in [2.05, 4.69) is 15.9 Å². The first-order chi connectivity index (χ1) is 12.7. The van der Waals surface area contributed by atoms with Crippen LogP contribution in [0.2, 0.25) is 0 Å². The second kappa shape index (κ2) is 7.81. The summed E-state index contributed by atoms with van der Waals surface area (Å²) in [5, 5.41) is 1.73. The van der Waals surface area contributed by atoms with Crippen LogP contribution in [0.1, 0.15) is 11.1 Å². The molecule has 9 heteroatoms. The van der Waals surface area contributed by atoms with Gasteiger partial charge in [0, 0.05) is 10.0 Å². The standard InChI is InChI=1S/C18H15BrF3NO2S2/c19-9-10-27(24,25)23(17-11-14-3-1-2-4-16(14)26-17)12-13-5-7-15(8-6-13)18(20,21)22/h1-8,11H,9-10,12H2. The highest BCUT2D eigenvalue weighted by molar-refractivity contribution is 9.09. The Morgan fingerprint density at radius 2 is 1.70 bits per heavy atom. The van der Waals surface area contributed by atoms with Crippen molar-refractivity contribution >= 4 is 52.4 Å². The molecule has 2 aromatic carbocycles. The summed E-state index contributed by atoms with van der Waals surface area (Å²) >= 11 is 4.49. The number of alkyl halides is 4. The lowest BCUT2D eigenvalue weighted by Crippen LogP contribution is -2.32. The van der Waals surface area contributed by atoms with Crippen molar-refractivity contribution in [1.29, 1.82) is 0 Å². The van der Waals surface area contributed by atoms with E-state index in [1.807, 2.05) is 24.3 Å². The molecule has 0 fully saturated rings. The van der Waals surface area contributed by atoms with Crippen molar-refractivity contribution in [3.05, 3.63) is 65.7 Å². The van der Waals surface area contributed by atoms with Gasteiger partial charge in [-0.1, -0.05) is 46.3 Å². The zero-order valence-electron chi connectivity index (χ0n) is 13.9. The summed E-state index contributed by atoms with van der Waals surface area (Å²) in [6.07, 6.45) is -4.42. The van der Waals surface area contributed by atoms with E-state index in [0.717, 1.165) is 22.2 Å². The fourth-order valence-electron chi connectivity index (χ4n) is 2.58. The number of anilines is 1. The van der Waals surface area contributed by atoms with Crippen molar-refractivity contribution in [2.24, 2.45) is 0 Å². The zero-order chi connectivity index (χ0) is 19.7. The van der Waals surface area contributed by atoms with Crippen LogP contribution in [0.25, 0.3) is 10.1 Å². The van der Waals surface area contributed by atoms with E-state index in [-0.39, 0.29) is 17.6 Å². The summed E-state index contributed by atoms with van der Waals surface area (Å²) in [5.41, 5.74) is -0.276. The van der Waals surface area contributed by atoms with Crippen LogP contribution in [0.15, 0.2) is 54.6 Å². The van der Waals surface area contributed by atoms with Crippen LogP contribution in [-0.2, 0) is 22.7 Å². The van der Waals surface area contributed by atoms with Gasteiger partial charge in [0.05, 0.1) is 17.9 Å². The average molecular weight is 478 g/mol. The average Bonchev–Trinajstić information content (AvgIpc) is 3.02. The van der Waals surface area contributed by atoms with Gasteiger partial charge in [0.1, 0.15) is 5.00 Å². The van der Waals surface area contributed by atoms with E-state index >= 15 is 0 Å². The Morgan fingerprint density at radius 3 is 2.30 bits per heavy atom. The molecule has 0 amide bonds. The predicted octanol–water partition coefficient (Wildman–Crippen LogP) is 5.65. The van der Waals surface area contributed by atoms with Gasteiger partial charge in [0.15, 0.2) is 0 Å². The van der Waals surface area contributed by atoms with E-state index < -0.39 is 21.8 Å². The highest BCUT2D eigenvalue weighted by Crippen LogP contribution is 2.35. The van der Waals surface area contributed by atoms with Gasteiger partial charge in [-0.3, -0.25) is 4.31 Å². The summed E-state index contributed by atoms with van der Waals surface area (Å²) in [6.45, 7) is -0.0275. The zero-order valence-corrected chi connectivity index (χ0v) is 17.1. The van der Waals surface area contributed by atoms with Crippen molar-refractivity contribution in [2.45, 2.75) is 12.7 Å². The maximum absolute atomic E-state index is 12.8. The molecule has 0 spiro atoms. The van der Waals surface area contributed by atoms with Crippen molar-refractivity contribution < 1.29 is 21.6 Å². The summed E-state index contributed by atoms with van der Waals surface area (Å²) < 4.78 is 66.0. The van der Waals surface area contributed by atoms with E-state index in [9.17, 15) is 21.6 Å². The number of rotatable bonds is 6. The molecule has 1 heterocycles. The molecule has 1 aromatic heterocycles. The Morgan fingerprint density at radius 1 is 1.04 bits per heavy atom. The minimum Gasteiger partial charge on any atom is -0.257 e. The Bertz CT molecular complexity index is 998. The van der Waals surface area contributed by atoms with Crippen molar-refractivity contribution in [2.75, 3.05) is 15.4 Å². The topological polar surface area (TPSA) is 37.4 Å². The second-order valence-corrected chi connectivity index (χ2v) is 9.70. The number of nitrogens with zero attached hydrogens (tertiary/aromatic N) is 1. The van der Waals surface area contributed by atoms with Crippen LogP contribution in [0.3, 0.4) is 0 Å². The molecule has 0 aliphatic rings. The second-order valence-electron chi connectivity index (χ2n) is 5.83. The molecule has 3 nitrogen and oxygen atoms in total. The third-order valence-corrected chi connectivity index (χ3v) is 7.83. The number of sulfonamides is 1. The minimum atomic E-state index is -4.42. The van der Waals surface area contributed by atoms with E-state index in [1.165, 1.54) is 27.8 Å². The SMILES string of the molecule is O=S(=O)(CCBr)N(Cc1ccc(C(F)(F)F)cc1)c1cc2ccccc2s1. The lowest BCUT2D eigenvalue weighted by Gasteiger charge is -2.22. The molecule has 0 saturated heterocycles. The van der Waals surface area contributed by atoms with Gasteiger partial charge in [-0.25, -0.2) is 8.42 Å². The molecule has 27 heavy (non-hydrogen) atoms. The fourth-order valence-corrected chi connectivity index (χ4v) is 6.31. The van der Waals surface area contributed by atoms with Gasteiger partial charge in [0.25, 0.3) is 0 Å². The fraction of sp³-hybridized carbons (Fsp3) is 0.222. The lowest BCUT2D eigenvalue weighted by atomic mass is 10.1. The summed E-state index contributed by atoms with van der Waals surface area (Å²) in [6, 6.07) is 13.9. The van der Waals surface area contributed by atoms with Crippen LogP contribution < -0.4 is 4.31 Å². The Labute approximate surface area is 167 Å². The maximum Gasteiger partial charge on any atom is 0.416 e. The third-order valence-electron chi connectivity index (χ3n) is 3.94. The molecule has 0 saturated carbocycles. The van der Waals surface area contributed by atoms with Crippen LogP contribution in [0.4, 0.5) is 18.2 Å². The lowest BCUT2D eigenvalue weighted by molar-refractivity contribution is -0.137. The van der Waals surface area contributed by atoms with Crippen LogP contribution >= 0.6 is 27.3 Å². The number of benzene rings is 2. The molecular weight excluding hydrogens is 463 g/mol. The molecule has 0 aliphatic heterocycles. The van der Waals surface area contributed by atoms with Gasteiger partial charge in [-0.2, -0.15) is 13.2 Å². The quantitative estimate of drug-likeness (QED) is 0.430. The van der Waals surface area contributed by atoms with E-state index in [0.29, 0.717) is 10.6 Å². The number of halogens is 4. The molecular formula is C18H15BrF3NO2S2. The maximum atomic E-state index is 12.8. The van der Waals surface area contributed by atoms with Gasteiger partial charge in [-0.05, 0) is 35.2 Å². The van der Waals surface area contributed by atoms with Crippen LogP contribution in [0, 0.1) is 0 Å². The number of hydrogen-bond donors (Lipinski definition) is 0. The minimum absolute atomic E-state index is 0.0275. The van der Waals surface area contributed by atoms with Gasteiger partial charge >= 0.3 is 6.18 Å². The molecule has 0 N–H and O–H groups in total. The first kappa shape index (κ1) is 20.2. The summed E-state index contributed by atoms with van der Waals surface area (Å²) in [7, 11) is -3.64. The Balaban J connectivity index is 1.98. The van der Waals surface area contributed by atoms with Gasteiger partial charge in [0.2, 0.25) is 10.0 Å². The van der Waals surface area contributed by atoms with Crippen molar-refractivity contribution in [3.63, 3.8) is 0 Å². The smallest absolute Gasteiger partial charge is 0.257 e. The third kappa shape index (κ3) is 4.64.